The molecule has 0 saturated carbocycles. The van der Waals surface area contributed by atoms with E-state index in [1.54, 1.807) is 13.0 Å². The van der Waals surface area contributed by atoms with Crippen molar-refractivity contribution in [1.29, 1.82) is 5.26 Å². The number of hydrogen-bond donors (Lipinski definition) is 0. The first kappa shape index (κ1) is 12.8. The van der Waals surface area contributed by atoms with E-state index in [0.29, 0.717) is 17.7 Å². The monoisotopic (exact) mass is 227 g/mol. The molecule has 0 aliphatic heterocycles. The van der Waals surface area contributed by atoms with Gasteiger partial charge in [0.2, 0.25) is 0 Å². The Hall–Kier alpha value is -2.26. The molecule has 0 heterocycles. The molecular weight excluding hydrogens is 214 g/mol. The number of rotatable bonds is 2. The maximum absolute atomic E-state index is 11.1. The van der Waals surface area contributed by atoms with Crippen molar-refractivity contribution in [2.24, 2.45) is 0 Å². The van der Waals surface area contributed by atoms with E-state index in [2.05, 4.69) is 17.9 Å². The molecule has 0 N–H and O–H groups in total. The minimum atomic E-state index is -0.342. The van der Waals surface area contributed by atoms with E-state index in [0.717, 1.165) is 5.56 Å². The molecule has 0 aliphatic rings. The van der Waals surface area contributed by atoms with Crippen molar-refractivity contribution in [3.63, 3.8) is 0 Å². The van der Waals surface area contributed by atoms with E-state index < -0.39 is 0 Å². The van der Waals surface area contributed by atoms with Gasteiger partial charge in [-0.15, -0.1) is 0 Å². The standard InChI is InChI=1S/C14H13NO2/c1-3-17-14(16)6-4-5-12-9-11(2)7-8-13(12)10-15/h7-9H,3,6H2,1-2H3. The quantitative estimate of drug-likeness (QED) is 0.574. The summed E-state index contributed by atoms with van der Waals surface area (Å²) in [5.41, 5.74) is 2.20. The molecule has 0 aliphatic carbocycles. The zero-order valence-corrected chi connectivity index (χ0v) is 9.91. The van der Waals surface area contributed by atoms with Crippen LogP contribution < -0.4 is 0 Å². The van der Waals surface area contributed by atoms with Gasteiger partial charge >= 0.3 is 5.97 Å². The van der Waals surface area contributed by atoms with Crippen molar-refractivity contribution < 1.29 is 9.53 Å². The van der Waals surface area contributed by atoms with Crippen LogP contribution in [0.5, 0.6) is 0 Å². The third-order valence-corrected chi connectivity index (χ3v) is 2.06. The predicted octanol–water partition coefficient (Wildman–Crippen LogP) is 2.17. The lowest BCUT2D eigenvalue weighted by Crippen LogP contribution is -2.01. The van der Waals surface area contributed by atoms with Gasteiger partial charge in [-0.25, -0.2) is 0 Å². The van der Waals surface area contributed by atoms with E-state index >= 15 is 0 Å². The molecule has 1 rings (SSSR count). The lowest BCUT2D eigenvalue weighted by Gasteiger charge is -1.97. The lowest BCUT2D eigenvalue weighted by molar-refractivity contribution is -0.141. The SMILES string of the molecule is CCOC(=O)CC#Cc1cc(C)ccc1C#N. The minimum absolute atomic E-state index is 0.0483. The van der Waals surface area contributed by atoms with E-state index in [-0.39, 0.29) is 12.4 Å². The van der Waals surface area contributed by atoms with Crippen LogP contribution in [0.2, 0.25) is 0 Å². The van der Waals surface area contributed by atoms with Crippen LogP contribution in [0, 0.1) is 30.1 Å². The lowest BCUT2D eigenvalue weighted by atomic mass is 10.1. The van der Waals surface area contributed by atoms with E-state index in [9.17, 15) is 4.79 Å². The fourth-order valence-corrected chi connectivity index (χ4v) is 1.28. The number of benzene rings is 1. The summed E-state index contributed by atoms with van der Waals surface area (Å²) in [5.74, 6) is 5.19. The van der Waals surface area contributed by atoms with Gasteiger partial charge in [-0.2, -0.15) is 5.26 Å². The molecule has 0 atom stereocenters. The minimum Gasteiger partial charge on any atom is -0.465 e. The molecule has 1 aromatic carbocycles. The van der Waals surface area contributed by atoms with Crippen molar-refractivity contribution >= 4 is 5.97 Å². The van der Waals surface area contributed by atoms with Crippen LogP contribution in [0.1, 0.15) is 30.0 Å². The fraction of sp³-hybridized carbons (Fsp3) is 0.286. The van der Waals surface area contributed by atoms with Crippen LogP contribution in [0.15, 0.2) is 18.2 Å². The molecule has 0 aromatic heterocycles. The Morgan fingerprint density at radius 1 is 1.41 bits per heavy atom. The molecule has 0 fully saturated rings. The normalized spacial score (nSPS) is 8.76. The number of esters is 1. The van der Waals surface area contributed by atoms with Crippen LogP contribution in [-0.2, 0) is 9.53 Å². The Morgan fingerprint density at radius 3 is 2.82 bits per heavy atom. The van der Waals surface area contributed by atoms with Crippen LogP contribution >= 0.6 is 0 Å². The molecule has 0 radical (unpaired) electrons. The third kappa shape index (κ3) is 4.01. The predicted molar refractivity (Wildman–Crippen MR) is 64.0 cm³/mol. The topological polar surface area (TPSA) is 50.1 Å². The first-order chi connectivity index (χ1) is 8.17. The summed E-state index contributed by atoms with van der Waals surface area (Å²) in [4.78, 5) is 11.1. The highest BCUT2D eigenvalue weighted by molar-refractivity contribution is 5.72. The number of nitrogens with zero attached hydrogens (tertiary/aromatic N) is 1. The van der Waals surface area contributed by atoms with E-state index in [4.69, 9.17) is 10.00 Å². The summed E-state index contributed by atoms with van der Waals surface area (Å²) < 4.78 is 4.75. The molecule has 0 amide bonds. The molecule has 0 bridgehead atoms. The summed E-state index contributed by atoms with van der Waals surface area (Å²) >= 11 is 0. The Morgan fingerprint density at radius 2 is 2.18 bits per heavy atom. The largest absolute Gasteiger partial charge is 0.465 e. The van der Waals surface area contributed by atoms with Gasteiger partial charge in [0.15, 0.2) is 0 Å². The maximum Gasteiger partial charge on any atom is 0.317 e. The van der Waals surface area contributed by atoms with Gasteiger partial charge in [0.05, 0.1) is 12.2 Å². The fourth-order valence-electron chi connectivity index (χ4n) is 1.28. The van der Waals surface area contributed by atoms with Crippen LogP contribution in [0.25, 0.3) is 0 Å². The first-order valence-electron chi connectivity index (χ1n) is 5.32. The van der Waals surface area contributed by atoms with E-state index in [1.807, 2.05) is 19.1 Å². The summed E-state index contributed by atoms with van der Waals surface area (Å²) in [6.07, 6.45) is 0.0483. The first-order valence-corrected chi connectivity index (χ1v) is 5.32. The molecular formula is C14H13NO2. The Labute approximate surface area is 101 Å². The van der Waals surface area contributed by atoms with Gasteiger partial charge in [0, 0.05) is 5.56 Å². The zero-order valence-electron chi connectivity index (χ0n) is 9.91. The van der Waals surface area contributed by atoms with Crippen molar-refractivity contribution in [2.45, 2.75) is 20.3 Å². The number of nitriles is 1. The van der Waals surface area contributed by atoms with Crippen molar-refractivity contribution in [1.82, 2.24) is 0 Å². The smallest absolute Gasteiger partial charge is 0.317 e. The van der Waals surface area contributed by atoms with Gasteiger partial charge in [0.25, 0.3) is 0 Å². The second-order valence-corrected chi connectivity index (χ2v) is 3.44. The van der Waals surface area contributed by atoms with Crippen LogP contribution in [-0.4, -0.2) is 12.6 Å². The van der Waals surface area contributed by atoms with Crippen molar-refractivity contribution in [3.05, 3.63) is 34.9 Å². The second kappa shape index (κ2) is 6.35. The van der Waals surface area contributed by atoms with Gasteiger partial charge in [-0.3, -0.25) is 4.79 Å². The number of hydrogen-bond acceptors (Lipinski definition) is 3. The van der Waals surface area contributed by atoms with Gasteiger partial charge in [-0.05, 0) is 31.5 Å². The summed E-state index contributed by atoms with van der Waals surface area (Å²) in [5, 5.41) is 8.89. The molecule has 0 spiro atoms. The summed E-state index contributed by atoms with van der Waals surface area (Å²) in [6, 6.07) is 7.48. The Kier molecular flexibility index (Phi) is 4.78. The molecule has 17 heavy (non-hydrogen) atoms. The second-order valence-electron chi connectivity index (χ2n) is 3.44. The number of ether oxygens (including phenoxy) is 1. The molecule has 1 aromatic rings. The molecule has 0 unspecified atom stereocenters. The molecule has 86 valence electrons. The molecule has 3 nitrogen and oxygen atoms in total. The van der Waals surface area contributed by atoms with Crippen LogP contribution in [0.4, 0.5) is 0 Å². The van der Waals surface area contributed by atoms with Gasteiger partial charge in [-0.1, -0.05) is 17.9 Å². The molecule has 0 saturated heterocycles. The van der Waals surface area contributed by atoms with Crippen LogP contribution in [0.3, 0.4) is 0 Å². The van der Waals surface area contributed by atoms with Crippen molar-refractivity contribution in [2.75, 3.05) is 6.61 Å². The number of carbonyl (C=O) groups excluding carboxylic acids is 1. The maximum atomic E-state index is 11.1. The number of carbonyl (C=O) groups is 1. The van der Waals surface area contributed by atoms with Crippen molar-refractivity contribution in [3.8, 4) is 17.9 Å². The Bertz CT molecular complexity index is 515. The molecule has 3 heteroatoms. The third-order valence-electron chi connectivity index (χ3n) is 2.06. The average Bonchev–Trinajstić information content (AvgIpc) is 2.30. The average molecular weight is 227 g/mol. The highest BCUT2D eigenvalue weighted by Crippen LogP contribution is 2.09. The Balaban J connectivity index is 2.81. The van der Waals surface area contributed by atoms with Gasteiger partial charge in [0.1, 0.15) is 12.5 Å². The van der Waals surface area contributed by atoms with Gasteiger partial charge < -0.3 is 4.74 Å². The zero-order chi connectivity index (χ0) is 12.7. The number of aryl methyl sites for hydroxylation is 1. The van der Waals surface area contributed by atoms with E-state index in [1.165, 1.54) is 0 Å². The summed E-state index contributed by atoms with van der Waals surface area (Å²) in [7, 11) is 0. The highest BCUT2D eigenvalue weighted by Gasteiger charge is 2.00. The summed E-state index contributed by atoms with van der Waals surface area (Å²) in [6.45, 7) is 4.03. The highest BCUT2D eigenvalue weighted by atomic mass is 16.5.